The molecule has 0 fully saturated rings. The van der Waals surface area contributed by atoms with Crippen molar-refractivity contribution in [1.29, 1.82) is 0 Å². The topological polar surface area (TPSA) is 80.3 Å². The molecular formula is C18H22FNO4S2. The highest BCUT2D eigenvalue weighted by Crippen LogP contribution is 2.31. The largest absolute Gasteiger partial charge is 0.277 e. The smallest absolute Gasteiger partial charge is 0.262 e. The fourth-order valence-electron chi connectivity index (χ4n) is 2.88. The molecule has 0 atom stereocenters. The fourth-order valence-corrected chi connectivity index (χ4v) is 5.19. The first-order chi connectivity index (χ1) is 11.8. The van der Waals surface area contributed by atoms with Crippen LogP contribution in [0.15, 0.2) is 28.0 Å². The molecule has 0 aliphatic rings. The third kappa shape index (κ3) is 3.61. The van der Waals surface area contributed by atoms with Gasteiger partial charge in [-0.25, -0.2) is 21.2 Å². The molecule has 0 bridgehead atoms. The maximum Gasteiger partial charge on any atom is 0.262 e. The zero-order valence-corrected chi connectivity index (χ0v) is 17.2. The quantitative estimate of drug-likeness (QED) is 0.797. The van der Waals surface area contributed by atoms with E-state index < -0.39 is 31.4 Å². The lowest BCUT2D eigenvalue weighted by Crippen LogP contribution is -2.18. The Bertz CT molecular complexity index is 1080. The van der Waals surface area contributed by atoms with Crippen molar-refractivity contribution in [2.75, 3.05) is 11.0 Å². The van der Waals surface area contributed by atoms with E-state index in [9.17, 15) is 21.2 Å². The minimum Gasteiger partial charge on any atom is -0.277 e. The van der Waals surface area contributed by atoms with Gasteiger partial charge in [0.05, 0.1) is 15.5 Å². The van der Waals surface area contributed by atoms with Gasteiger partial charge in [-0.15, -0.1) is 0 Å². The number of sulfonamides is 1. The van der Waals surface area contributed by atoms with Gasteiger partial charge in [-0.05, 0) is 80.6 Å². The summed E-state index contributed by atoms with van der Waals surface area (Å²) in [4.78, 5) is -0.0800. The second-order valence-corrected chi connectivity index (χ2v) is 10.1. The van der Waals surface area contributed by atoms with Gasteiger partial charge in [-0.3, -0.25) is 4.72 Å². The number of halogens is 1. The summed E-state index contributed by atoms with van der Waals surface area (Å²) in [6.45, 7) is 8.99. The van der Waals surface area contributed by atoms with Crippen molar-refractivity contribution in [3.8, 4) is 0 Å². The van der Waals surface area contributed by atoms with Crippen molar-refractivity contribution in [2.45, 2.75) is 44.4 Å². The second kappa shape index (κ2) is 6.66. The zero-order valence-electron chi connectivity index (χ0n) is 15.6. The monoisotopic (exact) mass is 399 g/mol. The molecule has 2 aromatic carbocycles. The standard InChI is InChI=1S/C18H22FNO4S2/c1-10-11(2)13(4)18(14(5)12(10)3)26(23,24)20-17-9-15(25(6,21)22)7-8-16(17)19/h7-9,20H,1-6H3. The number of hydrogen-bond donors (Lipinski definition) is 1. The van der Waals surface area contributed by atoms with E-state index in [-0.39, 0.29) is 9.79 Å². The molecule has 8 heteroatoms. The number of sulfone groups is 1. The van der Waals surface area contributed by atoms with Crippen LogP contribution in [0.3, 0.4) is 0 Å². The molecule has 0 spiro atoms. The predicted octanol–water partition coefficient (Wildman–Crippen LogP) is 3.57. The van der Waals surface area contributed by atoms with E-state index in [4.69, 9.17) is 0 Å². The van der Waals surface area contributed by atoms with Crippen molar-refractivity contribution < 1.29 is 21.2 Å². The summed E-state index contributed by atoms with van der Waals surface area (Å²) in [6.07, 6.45) is 0.972. The van der Waals surface area contributed by atoms with Crippen LogP contribution in [0.25, 0.3) is 0 Å². The van der Waals surface area contributed by atoms with E-state index in [2.05, 4.69) is 4.72 Å². The average Bonchev–Trinajstić information content (AvgIpc) is 2.51. The third-order valence-electron chi connectivity index (χ3n) is 4.81. The molecule has 0 saturated carbocycles. The molecule has 0 saturated heterocycles. The van der Waals surface area contributed by atoms with Gasteiger partial charge in [0.2, 0.25) is 0 Å². The van der Waals surface area contributed by atoms with Gasteiger partial charge in [0, 0.05) is 6.26 Å². The molecule has 142 valence electrons. The molecule has 2 aromatic rings. The van der Waals surface area contributed by atoms with Crippen LogP contribution in [0, 0.1) is 40.4 Å². The number of rotatable bonds is 4. The number of benzene rings is 2. The third-order valence-corrected chi connectivity index (χ3v) is 7.56. The summed E-state index contributed by atoms with van der Waals surface area (Å²) in [5.41, 5.74) is 3.46. The molecule has 26 heavy (non-hydrogen) atoms. The van der Waals surface area contributed by atoms with E-state index in [0.29, 0.717) is 11.1 Å². The Hall–Kier alpha value is -1.93. The van der Waals surface area contributed by atoms with Crippen molar-refractivity contribution >= 4 is 25.5 Å². The number of anilines is 1. The minimum atomic E-state index is -4.11. The first kappa shape index (κ1) is 20.4. The molecule has 0 amide bonds. The Kier molecular flexibility index (Phi) is 5.22. The highest BCUT2D eigenvalue weighted by molar-refractivity contribution is 7.93. The molecule has 0 radical (unpaired) electrons. The van der Waals surface area contributed by atoms with Gasteiger partial charge in [0.25, 0.3) is 10.0 Å². The van der Waals surface area contributed by atoms with Gasteiger partial charge in [-0.1, -0.05) is 0 Å². The van der Waals surface area contributed by atoms with Gasteiger partial charge in [0.15, 0.2) is 9.84 Å². The van der Waals surface area contributed by atoms with Crippen molar-refractivity contribution in [3.63, 3.8) is 0 Å². The van der Waals surface area contributed by atoms with Gasteiger partial charge >= 0.3 is 0 Å². The molecular weight excluding hydrogens is 377 g/mol. The van der Waals surface area contributed by atoms with E-state index in [0.717, 1.165) is 41.1 Å². The van der Waals surface area contributed by atoms with Crippen LogP contribution in [0.2, 0.25) is 0 Å². The van der Waals surface area contributed by atoms with Gasteiger partial charge in [0.1, 0.15) is 5.82 Å². The van der Waals surface area contributed by atoms with Crippen LogP contribution in [-0.2, 0) is 19.9 Å². The van der Waals surface area contributed by atoms with Crippen LogP contribution in [-0.4, -0.2) is 23.1 Å². The van der Waals surface area contributed by atoms with E-state index in [1.54, 1.807) is 13.8 Å². The number of hydrogen-bond acceptors (Lipinski definition) is 4. The Morgan fingerprint density at radius 2 is 1.27 bits per heavy atom. The maximum absolute atomic E-state index is 14.1. The second-order valence-electron chi connectivity index (χ2n) is 6.47. The average molecular weight is 400 g/mol. The molecule has 0 unspecified atom stereocenters. The molecule has 2 rings (SSSR count). The summed E-state index contributed by atoms with van der Waals surface area (Å²) in [7, 11) is -7.71. The predicted molar refractivity (Wildman–Crippen MR) is 100 cm³/mol. The molecule has 5 nitrogen and oxygen atoms in total. The highest BCUT2D eigenvalue weighted by atomic mass is 32.2. The van der Waals surface area contributed by atoms with Crippen LogP contribution in [0.5, 0.6) is 0 Å². The van der Waals surface area contributed by atoms with E-state index >= 15 is 0 Å². The minimum absolute atomic E-state index is 0.0854. The lowest BCUT2D eigenvalue weighted by molar-refractivity contribution is 0.594. The van der Waals surface area contributed by atoms with Crippen molar-refractivity contribution in [3.05, 3.63) is 51.8 Å². The van der Waals surface area contributed by atoms with Crippen molar-refractivity contribution in [1.82, 2.24) is 0 Å². The maximum atomic E-state index is 14.1. The van der Waals surface area contributed by atoms with E-state index in [1.807, 2.05) is 20.8 Å². The molecule has 0 aliphatic heterocycles. The first-order valence-electron chi connectivity index (χ1n) is 7.86. The Morgan fingerprint density at radius 1 is 0.808 bits per heavy atom. The summed E-state index contributed by atoms with van der Waals surface area (Å²) < 4.78 is 65.5. The van der Waals surface area contributed by atoms with Crippen LogP contribution >= 0.6 is 0 Å². The summed E-state index contributed by atoms with van der Waals surface area (Å²) in [5.74, 6) is -0.850. The molecule has 0 aromatic heterocycles. The van der Waals surface area contributed by atoms with Crippen LogP contribution < -0.4 is 4.72 Å². The fraction of sp³-hybridized carbons (Fsp3) is 0.333. The molecule has 1 N–H and O–H groups in total. The SMILES string of the molecule is Cc1c(C)c(C)c(S(=O)(=O)Nc2cc(S(C)(=O)=O)ccc2F)c(C)c1C. The molecule has 0 aliphatic carbocycles. The zero-order chi connectivity index (χ0) is 20.0. The van der Waals surface area contributed by atoms with Gasteiger partial charge in [-0.2, -0.15) is 0 Å². The van der Waals surface area contributed by atoms with Gasteiger partial charge < -0.3 is 0 Å². The lowest BCUT2D eigenvalue weighted by Gasteiger charge is -2.19. The van der Waals surface area contributed by atoms with Crippen molar-refractivity contribution in [2.24, 2.45) is 0 Å². The van der Waals surface area contributed by atoms with Crippen LogP contribution in [0.1, 0.15) is 27.8 Å². The van der Waals surface area contributed by atoms with Crippen LogP contribution in [0.4, 0.5) is 10.1 Å². The summed E-state index contributed by atoms with van der Waals surface area (Å²) >= 11 is 0. The Labute approximate surface area is 154 Å². The number of nitrogens with one attached hydrogen (secondary N) is 1. The summed E-state index contributed by atoms with van der Waals surface area (Å²) in [6, 6.07) is 3.01. The Balaban J connectivity index is 2.66. The first-order valence-corrected chi connectivity index (χ1v) is 11.2. The lowest BCUT2D eigenvalue weighted by atomic mass is 9.95. The summed E-state index contributed by atoms with van der Waals surface area (Å²) in [5, 5.41) is 0. The van der Waals surface area contributed by atoms with E-state index in [1.165, 1.54) is 0 Å². The molecule has 0 heterocycles. The highest BCUT2D eigenvalue weighted by Gasteiger charge is 2.25. The Morgan fingerprint density at radius 3 is 1.73 bits per heavy atom. The normalized spacial score (nSPS) is 12.3.